The van der Waals surface area contributed by atoms with Gasteiger partial charge in [0, 0.05) is 0 Å². The van der Waals surface area contributed by atoms with Gasteiger partial charge in [-0.2, -0.15) is 0 Å². The summed E-state index contributed by atoms with van der Waals surface area (Å²) < 4.78 is 0. The summed E-state index contributed by atoms with van der Waals surface area (Å²) >= 11 is 0. The smallest absolute Gasteiger partial charge is 0.314 e. The molecule has 0 saturated carbocycles. The monoisotopic (exact) mass is 239 g/mol. The average Bonchev–Trinajstić information content (AvgIpc) is 2.26. The van der Waals surface area contributed by atoms with Crippen molar-refractivity contribution in [3.05, 3.63) is 24.3 Å². The quantitative estimate of drug-likeness (QED) is 0.743. The van der Waals surface area contributed by atoms with Gasteiger partial charge >= 0.3 is 11.9 Å². The summed E-state index contributed by atoms with van der Waals surface area (Å²) in [5.41, 5.74) is -1.34. The molecule has 0 radical (unpaired) electrons. The summed E-state index contributed by atoms with van der Waals surface area (Å²) in [6.45, 7) is 0.522. The molecule has 5 nitrogen and oxygen atoms in total. The maximum Gasteiger partial charge on any atom is 0.314 e. The van der Waals surface area contributed by atoms with Crippen molar-refractivity contribution in [3.63, 3.8) is 0 Å². The molecule has 0 amide bonds. The third-order valence-electron chi connectivity index (χ3n) is 3.00. The average molecular weight is 239 g/mol. The van der Waals surface area contributed by atoms with Crippen LogP contribution in [0, 0.1) is 11.3 Å². The van der Waals surface area contributed by atoms with Crippen molar-refractivity contribution in [1.29, 1.82) is 0 Å². The molecule has 5 heteroatoms. The lowest BCUT2D eigenvalue weighted by molar-refractivity contribution is -0.157. The second-order valence-corrected chi connectivity index (χ2v) is 4.46. The number of carboxylic acids is 2. The summed E-state index contributed by atoms with van der Waals surface area (Å²) in [6, 6.07) is 0. The Morgan fingerprint density at radius 2 is 1.94 bits per heavy atom. The van der Waals surface area contributed by atoms with Crippen molar-refractivity contribution in [2.45, 2.75) is 6.42 Å². The highest BCUT2D eigenvalue weighted by Crippen LogP contribution is 2.37. The maximum absolute atomic E-state index is 11.4. The van der Waals surface area contributed by atoms with E-state index in [1.807, 2.05) is 19.0 Å². The van der Waals surface area contributed by atoms with Crippen LogP contribution in [-0.2, 0) is 9.59 Å². The van der Waals surface area contributed by atoms with Crippen LogP contribution in [0.3, 0.4) is 0 Å². The number of hydrogen-bond acceptors (Lipinski definition) is 3. The Balaban J connectivity index is 3.03. The van der Waals surface area contributed by atoms with Crippen LogP contribution in [0.5, 0.6) is 0 Å². The highest BCUT2D eigenvalue weighted by molar-refractivity contribution is 5.87. The van der Waals surface area contributed by atoms with Crippen molar-refractivity contribution in [2.24, 2.45) is 11.3 Å². The molecule has 17 heavy (non-hydrogen) atoms. The first-order chi connectivity index (χ1) is 7.90. The van der Waals surface area contributed by atoms with Crippen LogP contribution in [0.15, 0.2) is 24.3 Å². The number of hydrogen-bond donors (Lipinski definition) is 2. The number of nitrogens with zero attached hydrogens (tertiary/aromatic N) is 1. The molecule has 0 aromatic rings. The fraction of sp³-hybridized carbons (Fsp3) is 0.500. The third kappa shape index (κ3) is 2.74. The molecule has 0 fully saturated rings. The van der Waals surface area contributed by atoms with E-state index in [2.05, 4.69) is 0 Å². The second kappa shape index (κ2) is 5.14. The van der Waals surface area contributed by atoms with E-state index < -0.39 is 23.3 Å². The Bertz CT molecular complexity index is 373. The first-order valence-corrected chi connectivity index (χ1v) is 5.37. The summed E-state index contributed by atoms with van der Waals surface area (Å²) in [4.78, 5) is 24.4. The molecule has 0 aromatic carbocycles. The van der Waals surface area contributed by atoms with Crippen LogP contribution in [0.2, 0.25) is 0 Å². The zero-order chi connectivity index (χ0) is 13.1. The summed E-state index contributed by atoms with van der Waals surface area (Å²) in [5, 5.41) is 18.5. The highest BCUT2D eigenvalue weighted by Gasteiger charge is 2.47. The molecule has 2 unspecified atom stereocenters. The van der Waals surface area contributed by atoms with Crippen LogP contribution in [0.4, 0.5) is 0 Å². The summed E-state index contributed by atoms with van der Waals surface area (Å²) in [5.74, 6) is -3.20. The Morgan fingerprint density at radius 3 is 2.41 bits per heavy atom. The lowest BCUT2D eigenvalue weighted by atomic mass is 9.70. The molecule has 0 bridgehead atoms. The largest absolute Gasteiger partial charge is 0.481 e. The number of carbonyl (C=O) groups is 2. The number of allylic oxidation sites excluding steroid dienone is 2. The van der Waals surface area contributed by atoms with Crippen LogP contribution >= 0.6 is 0 Å². The fourth-order valence-electron chi connectivity index (χ4n) is 1.94. The zero-order valence-electron chi connectivity index (χ0n) is 9.96. The summed E-state index contributed by atoms with van der Waals surface area (Å²) in [7, 11) is 3.65. The molecular formula is C12H17NO4. The van der Waals surface area contributed by atoms with Crippen LogP contribution in [0.25, 0.3) is 0 Å². The SMILES string of the molecule is CN(C)CCC1(C(=O)O)C=CC=CC1C(=O)O. The molecular weight excluding hydrogens is 222 g/mol. The molecule has 2 atom stereocenters. The first-order valence-electron chi connectivity index (χ1n) is 5.37. The molecule has 1 aliphatic rings. The molecule has 0 aromatic heterocycles. The van der Waals surface area contributed by atoms with E-state index in [1.54, 1.807) is 12.2 Å². The number of rotatable bonds is 5. The van der Waals surface area contributed by atoms with Gasteiger partial charge in [-0.25, -0.2) is 0 Å². The molecule has 0 aliphatic heterocycles. The van der Waals surface area contributed by atoms with E-state index in [4.69, 9.17) is 5.11 Å². The van der Waals surface area contributed by atoms with Crippen molar-refractivity contribution in [1.82, 2.24) is 4.90 Å². The minimum Gasteiger partial charge on any atom is -0.481 e. The molecule has 0 heterocycles. The van der Waals surface area contributed by atoms with Gasteiger partial charge in [-0.05, 0) is 27.1 Å². The lowest BCUT2D eigenvalue weighted by Crippen LogP contribution is -2.43. The van der Waals surface area contributed by atoms with Crippen molar-refractivity contribution in [2.75, 3.05) is 20.6 Å². The second-order valence-electron chi connectivity index (χ2n) is 4.46. The summed E-state index contributed by atoms with van der Waals surface area (Å²) in [6.07, 6.45) is 6.37. The van der Waals surface area contributed by atoms with Crippen LogP contribution in [0.1, 0.15) is 6.42 Å². The number of carboxylic acid groups (broad SMARTS) is 2. The topological polar surface area (TPSA) is 77.8 Å². The standard InChI is InChI=1S/C12H17NO4/c1-13(2)8-7-12(11(16)17)6-4-3-5-9(12)10(14)15/h3-6,9H,7-8H2,1-2H3,(H,14,15)(H,16,17). The van der Waals surface area contributed by atoms with E-state index >= 15 is 0 Å². The maximum atomic E-state index is 11.4. The van der Waals surface area contributed by atoms with Gasteiger partial charge in [0.05, 0.1) is 5.92 Å². The van der Waals surface area contributed by atoms with E-state index in [0.717, 1.165) is 0 Å². The van der Waals surface area contributed by atoms with Crippen molar-refractivity contribution >= 4 is 11.9 Å². The van der Waals surface area contributed by atoms with Gasteiger partial charge in [-0.1, -0.05) is 24.3 Å². The zero-order valence-corrected chi connectivity index (χ0v) is 9.96. The Morgan fingerprint density at radius 1 is 1.29 bits per heavy atom. The minimum absolute atomic E-state index is 0.271. The highest BCUT2D eigenvalue weighted by atomic mass is 16.4. The van der Waals surface area contributed by atoms with Gasteiger partial charge in [-0.3, -0.25) is 9.59 Å². The molecule has 0 saturated heterocycles. The van der Waals surface area contributed by atoms with Gasteiger partial charge in [0.2, 0.25) is 0 Å². The van der Waals surface area contributed by atoms with Gasteiger partial charge < -0.3 is 15.1 Å². The predicted molar refractivity (Wildman–Crippen MR) is 62.6 cm³/mol. The van der Waals surface area contributed by atoms with E-state index in [1.165, 1.54) is 12.2 Å². The van der Waals surface area contributed by atoms with Crippen LogP contribution in [-0.4, -0.2) is 47.7 Å². The van der Waals surface area contributed by atoms with Gasteiger partial charge in [0.1, 0.15) is 5.41 Å². The molecule has 94 valence electrons. The van der Waals surface area contributed by atoms with Gasteiger partial charge in [0.15, 0.2) is 0 Å². The van der Waals surface area contributed by atoms with E-state index in [-0.39, 0.29) is 6.42 Å². The Kier molecular flexibility index (Phi) is 4.07. The van der Waals surface area contributed by atoms with Gasteiger partial charge in [-0.15, -0.1) is 0 Å². The molecule has 2 N–H and O–H groups in total. The van der Waals surface area contributed by atoms with Crippen LogP contribution < -0.4 is 0 Å². The first kappa shape index (κ1) is 13.4. The third-order valence-corrected chi connectivity index (χ3v) is 3.00. The number of aliphatic carboxylic acids is 2. The normalized spacial score (nSPS) is 27.4. The molecule has 1 aliphatic carbocycles. The minimum atomic E-state index is -1.34. The Hall–Kier alpha value is -1.62. The van der Waals surface area contributed by atoms with E-state index in [9.17, 15) is 14.7 Å². The molecule has 1 rings (SSSR count). The Labute approximate surface area is 100 Å². The predicted octanol–water partition coefficient (Wildman–Crippen LogP) is 0.836. The fourth-order valence-corrected chi connectivity index (χ4v) is 1.94. The van der Waals surface area contributed by atoms with E-state index in [0.29, 0.717) is 6.54 Å². The van der Waals surface area contributed by atoms with Crippen molar-refractivity contribution in [3.8, 4) is 0 Å². The molecule has 0 spiro atoms. The van der Waals surface area contributed by atoms with Crippen molar-refractivity contribution < 1.29 is 19.8 Å². The lowest BCUT2D eigenvalue weighted by Gasteiger charge is -2.33. The van der Waals surface area contributed by atoms with Gasteiger partial charge in [0.25, 0.3) is 0 Å².